The van der Waals surface area contributed by atoms with Crippen molar-refractivity contribution in [2.24, 2.45) is 5.92 Å². The Bertz CT molecular complexity index is 1800. The molecule has 4 heterocycles. The van der Waals surface area contributed by atoms with Gasteiger partial charge in [-0.15, -0.1) is 11.3 Å². The molecule has 4 N–H and O–H groups in total. The SMILES string of the molecule is CCC[C@H](NC(=O)[C@@H]1C[C@@H](Oc2nc(-c3ccccn3)nc3sccc23)CN1C(=O)[C@@H](NC(=O)NC(C)(C)C)C1CCCCC1)C(=O)C(=O)NC1CC1. The molecular weight excluding hydrogens is 697 g/mol. The molecule has 2 aliphatic carbocycles. The zero-order chi connectivity index (χ0) is 37.7. The summed E-state index contributed by atoms with van der Waals surface area (Å²) < 4.78 is 6.55. The number of Topliss-reactive ketones (excluding diaryl/α,β-unsaturated/α-hetero) is 1. The quantitative estimate of drug-likeness (QED) is 0.186. The van der Waals surface area contributed by atoms with Gasteiger partial charge in [-0.05, 0) is 82.4 Å². The average Bonchev–Trinajstić information content (AvgIpc) is 3.63. The number of pyridine rings is 1. The molecule has 3 fully saturated rings. The first-order valence-corrected chi connectivity index (χ1v) is 19.7. The van der Waals surface area contributed by atoms with E-state index in [0.717, 1.165) is 44.9 Å². The second-order valence-corrected chi connectivity index (χ2v) is 16.3. The molecule has 2 saturated carbocycles. The van der Waals surface area contributed by atoms with Gasteiger partial charge in [0.1, 0.15) is 28.7 Å². The Morgan fingerprint density at radius 3 is 2.45 bits per heavy atom. The van der Waals surface area contributed by atoms with Crippen LogP contribution in [0.15, 0.2) is 35.8 Å². The van der Waals surface area contributed by atoms with E-state index in [1.807, 2.05) is 51.3 Å². The number of rotatable bonds is 13. The maximum absolute atomic E-state index is 14.7. The molecule has 0 radical (unpaired) electrons. The molecule has 0 unspecified atom stereocenters. The zero-order valence-electron chi connectivity index (χ0n) is 30.9. The van der Waals surface area contributed by atoms with Crippen LogP contribution < -0.4 is 26.0 Å². The number of amides is 5. The molecule has 0 aromatic carbocycles. The van der Waals surface area contributed by atoms with Gasteiger partial charge < -0.3 is 30.9 Å². The topological polar surface area (TPSA) is 185 Å². The summed E-state index contributed by atoms with van der Waals surface area (Å²) in [6.45, 7) is 7.50. The monoisotopic (exact) mass is 746 g/mol. The number of ether oxygens (including phenoxy) is 1. The van der Waals surface area contributed by atoms with Crippen molar-refractivity contribution in [3.63, 3.8) is 0 Å². The molecule has 3 aromatic rings. The van der Waals surface area contributed by atoms with E-state index in [1.54, 1.807) is 12.3 Å². The largest absolute Gasteiger partial charge is 0.472 e. The van der Waals surface area contributed by atoms with Gasteiger partial charge in [-0.2, -0.15) is 4.98 Å². The third kappa shape index (κ3) is 9.67. The second-order valence-electron chi connectivity index (χ2n) is 15.4. The van der Waals surface area contributed by atoms with E-state index in [-0.39, 0.29) is 31.3 Å². The summed E-state index contributed by atoms with van der Waals surface area (Å²) in [6.07, 6.45) is 7.96. The highest BCUT2D eigenvalue weighted by atomic mass is 32.1. The molecule has 6 rings (SSSR count). The van der Waals surface area contributed by atoms with Gasteiger partial charge >= 0.3 is 6.03 Å². The van der Waals surface area contributed by atoms with Crippen molar-refractivity contribution in [2.75, 3.05) is 6.54 Å². The van der Waals surface area contributed by atoms with Crippen LogP contribution in [0.1, 0.15) is 91.9 Å². The lowest BCUT2D eigenvalue weighted by molar-refractivity contribution is -0.143. The number of urea groups is 1. The van der Waals surface area contributed by atoms with Gasteiger partial charge in [-0.25, -0.2) is 9.78 Å². The number of hydrogen-bond acceptors (Lipinski definition) is 10. The summed E-state index contributed by atoms with van der Waals surface area (Å²) in [4.78, 5) is 84.2. The van der Waals surface area contributed by atoms with Crippen LogP contribution in [0.4, 0.5) is 4.79 Å². The molecule has 53 heavy (non-hydrogen) atoms. The standard InChI is InChI=1S/C38H50N8O6S/c1-5-11-26(30(47)33(49)40-23-15-16-23)41-32(48)28-20-24(52-34-25-17-19-53-35(25)44-31(43-34)27-14-9-10-18-39-27)21-46(28)36(50)29(22-12-7-6-8-13-22)42-37(51)45-38(2,3)4/h9-10,14,17-19,22-24,26,28-29H,5-8,11-13,15-16,20-21H2,1-4H3,(H,40,49)(H,41,48)(H2,42,45,51)/t24-,26+,28+,29+/m1/s1. The zero-order valence-corrected chi connectivity index (χ0v) is 31.7. The molecule has 3 aromatic heterocycles. The molecule has 284 valence electrons. The fourth-order valence-corrected chi connectivity index (χ4v) is 7.83. The molecule has 1 saturated heterocycles. The molecular formula is C38H50N8O6S. The molecule has 4 atom stereocenters. The van der Waals surface area contributed by atoms with Gasteiger partial charge in [0.25, 0.3) is 5.91 Å². The number of likely N-dealkylation sites (tertiary alicyclic amines) is 1. The number of nitrogens with zero attached hydrogens (tertiary/aromatic N) is 4. The van der Waals surface area contributed by atoms with Crippen LogP contribution in [0.2, 0.25) is 0 Å². The molecule has 3 aliphatic rings. The summed E-state index contributed by atoms with van der Waals surface area (Å²) in [7, 11) is 0. The minimum atomic E-state index is -1.05. The average molecular weight is 747 g/mol. The summed E-state index contributed by atoms with van der Waals surface area (Å²) >= 11 is 1.43. The van der Waals surface area contributed by atoms with E-state index < -0.39 is 59.3 Å². The first-order valence-electron chi connectivity index (χ1n) is 18.8. The summed E-state index contributed by atoms with van der Waals surface area (Å²) in [5, 5.41) is 14.0. The molecule has 14 nitrogen and oxygen atoms in total. The number of carbonyl (C=O) groups is 5. The Hall–Kier alpha value is -4.66. The van der Waals surface area contributed by atoms with E-state index >= 15 is 0 Å². The first-order chi connectivity index (χ1) is 25.4. The minimum absolute atomic E-state index is 0.0142. The minimum Gasteiger partial charge on any atom is -0.472 e. The molecule has 0 bridgehead atoms. The summed E-state index contributed by atoms with van der Waals surface area (Å²) in [6, 6.07) is 3.86. The van der Waals surface area contributed by atoms with Crippen molar-refractivity contribution < 1.29 is 28.7 Å². The predicted octanol–water partition coefficient (Wildman–Crippen LogP) is 4.28. The van der Waals surface area contributed by atoms with Gasteiger partial charge in [-0.3, -0.25) is 24.2 Å². The van der Waals surface area contributed by atoms with Crippen molar-refractivity contribution in [2.45, 2.75) is 128 Å². The highest BCUT2D eigenvalue weighted by Gasteiger charge is 2.46. The molecule has 1 aliphatic heterocycles. The van der Waals surface area contributed by atoms with E-state index in [1.165, 1.54) is 16.2 Å². The number of fused-ring (bicyclic) bond motifs is 1. The number of ketones is 1. The normalized spacial score (nSPS) is 20.3. The van der Waals surface area contributed by atoms with Crippen molar-refractivity contribution in [1.29, 1.82) is 0 Å². The van der Waals surface area contributed by atoms with Crippen LogP contribution in [-0.4, -0.2) is 91.7 Å². The van der Waals surface area contributed by atoms with E-state index in [4.69, 9.17) is 9.72 Å². The Morgan fingerprint density at radius 1 is 1.00 bits per heavy atom. The predicted molar refractivity (Wildman–Crippen MR) is 200 cm³/mol. The van der Waals surface area contributed by atoms with Crippen LogP contribution in [-0.2, 0) is 19.2 Å². The summed E-state index contributed by atoms with van der Waals surface area (Å²) in [5.74, 6) is -1.82. The number of thiophene rings is 1. The third-order valence-corrected chi connectivity index (χ3v) is 10.6. The van der Waals surface area contributed by atoms with Gasteiger partial charge in [0.2, 0.25) is 23.5 Å². The Balaban J connectivity index is 1.30. The van der Waals surface area contributed by atoms with Gasteiger partial charge in [0.05, 0.1) is 18.0 Å². The van der Waals surface area contributed by atoms with Crippen LogP contribution in [0.3, 0.4) is 0 Å². The van der Waals surface area contributed by atoms with Crippen LogP contribution in [0, 0.1) is 5.92 Å². The number of carbonyl (C=O) groups excluding carboxylic acids is 5. The molecule has 15 heteroatoms. The van der Waals surface area contributed by atoms with E-state index in [9.17, 15) is 24.0 Å². The lowest BCUT2D eigenvalue weighted by Crippen LogP contribution is -2.60. The fourth-order valence-electron chi connectivity index (χ4n) is 7.07. The highest BCUT2D eigenvalue weighted by Crippen LogP contribution is 2.34. The first kappa shape index (κ1) is 38.1. The summed E-state index contributed by atoms with van der Waals surface area (Å²) in [5.41, 5.74) is 0.0327. The van der Waals surface area contributed by atoms with Gasteiger partial charge in [-0.1, -0.05) is 38.7 Å². The Morgan fingerprint density at radius 2 is 1.77 bits per heavy atom. The lowest BCUT2D eigenvalue weighted by atomic mass is 9.83. The van der Waals surface area contributed by atoms with Crippen molar-refractivity contribution in [3.05, 3.63) is 35.8 Å². The number of hydrogen-bond donors (Lipinski definition) is 4. The van der Waals surface area contributed by atoms with Crippen LogP contribution in [0.5, 0.6) is 5.88 Å². The Labute approximate surface area is 313 Å². The van der Waals surface area contributed by atoms with Crippen LogP contribution >= 0.6 is 11.3 Å². The molecule has 0 spiro atoms. The van der Waals surface area contributed by atoms with Crippen molar-refractivity contribution in [3.8, 4) is 17.4 Å². The Kier molecular flexibility index (Phi) is 11.9. The maximum Gasteiger partial charge on any atom is 0.315 e. The van der Waals surface area contributed by atoms with Crippen molar-refractivity contribution in [1.82, 2.24) is 41.1 Å². The number of aromatic nitrogens is 3. The molecule has 5 amide bonds. The van der Waals surface area contributed by atoms with Gasteiger partial charge in [0, 0.05) is 24.2 Å². The fraction of sp³-hybridized carbons (Fsp3) is 0.579. The third-order valence-electron chi connectivity index (χ3n) is 9.82. The number of nitrogens with one attached hydrogen (secondary N) is 4. The van der Waals surface area contributed by atoms with Crippen molar-refractivity contribution >= 4 is 51.1 Å². The lowest BCUT2D eigenvalue weighted by Gasteiger charge is -2.35. The smallest absolute Gasteiger partial charge is 0.315 e. The second kappa shape index (κ2) is 16.6. The van der Waals surface area contributed by atoms with E-state index in [0.29, 0.717) is 34.0 Å². The van der Waals surface area contributed by atoms with E-state index in [2.05, 4.69) is 31.2 Å². The van der Waals surface area contributed by atoms with Crippen LogP contribution in [0.25, 0.3) is 21.7 Å². The highest BCUT2D eigenvalue weighted by molar-refractivity contribution is 7.16. The maximum atomic E-state index is 14.7. The van der Waals surface area contributed by atoms with Gasteiger partial charge in [0.15, 0.2) is 5.82 Å².